The van der Waals surface area contributed by atoms with Crippen molar-refractivity contribution in [2.45, 2.75) is 48.6 Å². The minimum atomic E-state index is -1.60. The van der Waals surface area contributed by atoms with Crippen LogP contribution in [0.25, 0.3) is 0 Å². The summed E-state index contributed by atoms with van der Waals surface area (Å²) < 4.78 is 0. The summed E-state index contributed by atoms with van der Waals surface area (Å²) in [5, 5.41) is 15.6. The normalized spacial score (nSPS) is 35.9. The molecule has 0 aromatic heterocycles. The Morgan fingerprint density at radius 3 is 2.58 bits per heavy atom. The van der Waals surface area contributed by atoms with Crippen LogP contribution in [0.4, 0.5) is 10.5 Å². The lowest BCUT2D eigenvalue weighted by Crippen LogP contribution is -2.77. The fraction of sp³-hybridized carbons (Fsp3) is 0.579. The van der Waals surface area contributed by atoms with Crippen molar-refractivity contribution in [1.29, 1.82) is 0 Å². The van der Waals surface area contributed by atoms with E-state index in [1.54, 1.807) is 7.05 Å². The first-order chi connectivity index (χ1) is 12.2. The van der Waals surface area contributed by atoms with Crippen molar-refractivity contribution >= 4 is 29.4 Å². The summed E-state index contributed by atoms with van der Waals surface area (Å²) >= 11 is 1.54. The molecule has 3 amide bonds. The Morgan fingerprint density at radius 2 is 1.92 bits per heavy atom. The van der Waals surface area contributed by atoms with Crippen molar-refractivity contribution in [2.24, 2.45) is 11.3 Å². The third-order valence-corrected chi connectivity index (χ3v) is 7.69. The molecule has 0 bridgehead atoms. The zero-order valence-corrected chi connectivity index (χ0v) is 16.4. The van der Waals surface area contributed by atoms with Crippen molar-refractivity contribution in [3.63, 3.8) is 0 Å². The molecule has 4 rings (SSSR count). The number of imide groups is 1. The van der Waals surface area contributed by atoms with E-state index in [4.69, 9.17) is 0 Å². The summed E-state index contributed by atoms with van der Waals surface area (Å²) in [6.07, 6.45) is 1.67. The van der Waals surface area contributed by atoms with Crippen molar-refractivity contribution < 1.29 is 14.7 Å². The van der Waals surface area contributed by atoms with Gasteiger partial charge in [0.05, 0.1) is 0 Å². The molecule has 3 atom stereocenters. The summed E-state index contributed by atoms with van der Waals surface area (Å²) in [6, 6.07) is 7.42. The molecule has 1 aromatic carbocycles. The fourth-order valence-corrected chi connectivity index (χ4v) is 6.72. The van der Waals surface area contributed by atoms with E-state index in [1.165, 1.54) is 28.6 Å². The first-order valence-corrected chi connectivity index (χ1v) is 9.85. The molecular weight excluding hydrogens is 350 g/mol. The van der Waals surface area contributed by atoms with E-state index in [0.29, 0.717) is 19.3 Å². The number of aliphatic hydroxyl groups is 1. The number of carbonyl (C=O) groups excluding carboxylic acids is 2. The van der Waals surface area contributed by atoms with Crippen molar-refractivity contribution in [3.05, 3.63) is 24.3 Å². The number of hydrogen-bond acceptors (Lipinski definition) is 5. The van der Waals surface area contributed by atoms with Gasteiger partial charge in [-0.1, -0.05) is 37.7 Å². The monoisotopic (exact) mass is 375 g/mol. The molecule has 0 unspecified atom stereocenters. The number of hydrogen-bond donors (Lipinski definition) is 2. The van der Waals surface area contributed by atoms with Gasteiger partial charge in [-0.05, 0) is 37.3 Å². The molecule has 3 aliphatic rings. The molecule has 1 saturated heterocycles. The smallest absolute Gasteiger partial charge is 0.328 e. The van der Waals surface area contributed by atoms with Gasteiger partial charge < -0.3 is 10.4 Å². The minimum absolute atomic E-state index is 0.212. The van der Waals surface area contributed by atoms with Crippen LogP contribution in [0.15, 0.2) is 29.2 Å². The summed E-state index contributed by atoms with van der Waals surface area (Å²) in [5.74, 6) is -0.0589. The van der Waals surface area contributed by atoms with Gasteiger partial charge in [0.1, 0.15) is 10.3 Å². The van der Waals surface area contributed by atoms with Gasteiger partial charge in [-0.2, -0.15) is 0 Å². The predicted octanol–water partition coefficient (Wildman–Crippen LogP) is 2.94. The van der Waals surface area contributed by atoms with Crippen LogP contribution < -0.4 is 5.32 Å². The maximum absolute atomic E-state index is 13.3. The van der Waals surface area contributed by atoms with Crippen molar-refractivity contribution in [3.8, 4) is 0 Å². The van der Waals surface area contributed by atoms with Gasteiger partial charge in [0.25, 0.3) is 0 Å². The molecule has 7 heteroatoms. The lowest BCUT2D eigenvalue weighted by Gasteiger charge is -2.57. The highest BCUT2D eigenvalue weighted by Crippen LogP contribution is 2.67. The number of anilines is 1. The van der Waals surface area contributed by atoms with Crippen LogP contribution >= 0.6 is 11.8 Å². The fourth-order valence-electron chi connectivity index (χ4n) is 5.13. The first kappa shape index (κ1) is 17.7. The van der Waals surface area contributed by atoms with E-state index in [9.17, 15) is 14.7 Å². The summed E-state index contributed by atoms with van der Waals surface area (Å²) in [7, 11) is 3.12. The maximum atomic E-state index is 13.3. The predicted molar refractivity (Wildman–Crippen MR) is 101 cm³/mol. The molecule has 2 aliphatic heterocycles. The Kier molecular flexibility index (Phi) is 3.66. The molecule has 26 heavy (non-hydrogen) atoms. The van der Waals surface area contributed by atoms with E-state index in [0.717, 1.165) is 10.6 Å². The van der Waals surface area contributed by atoms with E-state index in [-0.39, 0.29) is 11.8 Å². The number of rotatable bonds is 2. The zero-order valence-electron chi connectivity index (χ0n) is 15.6. The van der Waals surface area contributed by atoms with Crippen LogP contribution in [0.1, 0.15) is 33.1 Å². The zero-order chi connectivity index (χ0) is 18.9. The lowest BCUT2D eigenvalue weighted by atomic mass is 9.69. The third-order valence-electron chi connectivity index (χ3n) is 6.17. The lowest BCUT2D eigenvalue weighted by molar-refractivity contribution is -0.200. The number of carbonyl (C=O) groups is 2. The highest BCUT2D eigenvalue weighted by atomic mass is 32.2. The van der Waals surface area contributed by atoms with Crippen LogP contribution in [-0.2, 0) is 4.79 Å². The van der Waals surface area contributed by atoms with Crippen LogP contribution in [-0.4, -0.2) is 51.5 Å². The van der Waals surface area contributed by atoms with Crippen molar-refractivity contribution in [1.82, 2.24) is 9.80 Å². The second-order valence-corrected chi connectivity index (χ2v) is 9.45. The molecule has 1 aliphatic carbocycles. The van der Waals surface area contributed by atoms with Crippen LogP contribution in [0.5, 0.6) is 0 Å². The van der Waals surface area contributed by atoms with Crippen LogP contribution in [0.3, 0.4) is 0 Å². The van der Waals surface area contributed by atoms with E-state index >= 15 is 0 Å². The topological polar surface area (TPSA) is 72.9 Å². The number of urea groups is 1. The number of fused-ring (bicyclic) bond motifs is 3. The third kappa shape index (κ3) is 1.88. The quantitative estimate of drug-likeness (QED) is 0.831. The molecule has 6 nitrogen and oxygen atoms in total. The Bertz CT molecular complexity index is 773. The van der Waals surface area contributed by atoms with Crippen LogP contribution in [0, 0.1) is 11.3 Å². The van der Waals surface area contributed by atoms with E-state index in [2.05, 4.69) is 5.32 Å². The average Bonchev–Trinajstić information content (AvgIpc) is 3.10. The second kappa shape index (κ2) is 5.39. The first-order valence-electron chi connectivity index (χ1n) is 9.03. The van der Waals surface area contributed by atoms with Gasteiger partial charge >= 0.3 is 6.03 Å². The average molecular weight is 375 g/mol. The second-order valence-electron chi connectivity index (χ2n) is 8.11. The molecule has 2 N–H and O–H groups in total. The summed E-state index contributed by atoms with van der Waals surface area (Å²) in [4.78, 5) is 28.8. The number of benzene rings is 1. The molecule has 2 fully saturated rings. The summed E-state index contributed by atoms with van der Waals surface area (Å²) in [5.41, 5.74) is -1.67. The van der Waals surface area contributed by atoms with Crippen LogP contribution in [0.2, 0.25) is 0 Å². The van der Waals surface area contributed by atoms with Gasteiger partial charge in [0.15, 0.2) is 5.72 Å². The number of nitrogens with zero attached hydrogens (tertiary/aromatic N) is 2. The van der Waals surface area contributed by atoms with Gasteiger partial charge in [-0.25, -0.2) is 4.79 Å². The summed E-state index contributed by atoms with van der Waals surface area (Å²) in [6.45, 7) is 4.10. The number of amides is 3. The molecule has 1 saturated carbocycles. The van der Waals surface area contributed by atoms with Gasteiger partial charge in [0, 0.05) is 24.7 Å². The number of nitrogens with one attached hydrogen (secondary N) is 1. The molecule has 1 spiro atoms. The maximum Gasteiger partial charge on any atom is 0.328 e. The Labute approximate surface area is 157 Å². The molecule has 140 valence electrons. The highest BCUT2D eigenvalue weighted by molar-refractivity contribution is 8.01. The SMILES string of the molecule is CC(C)C[C@@]12CC[C@@]3(Nc4ccccc4S3)[C@]1(O)N(C)C(=O)N(C)C2=O. The molecular formula is C19H25N3O3S. The van der Waals surface area contributed by atoms with Crippen molar-refractivity contribution in [2.75, 3.05) is 19.4 Å². The Balaban J connectivity index is 1.89. The number of likely N-dealkylation sites (N-methyl/N-ethyl adjacent to an activating group) is 1. The Hall–Kier alpha value is -1.73. The van der Waals surface area contributed by atoms with Gasteiger partial charge in [0.2, 0.25) is 5.91 Å². The van der Waals surface area contributed by atoms with Gasteiger partial charge in [-0.3, -0.25) is 14.6 Å². The molecule has 0 radical (unpaired) electrons. The largest absolute Gasteiger partial charge is 0.367 e. The number of para-hydroxylation sites is 1. The highest BCUT2D eigenvalue weighted by Gasteiger charge is 2.77. The standard InChI is InChI=1S/C19H25N3O3S/c1-12(2)11-17-9-10-18(20-13-7-5-6-8-14(13)26-18)19(17,25)22(4)16(24)21(3)15(17)23/h5-8,12,20,25H,9-11H2,1-4H3/t17-,18+,19+/m1/s1. The minimum Gasteiger partial charge on any atom is -0.367 e. The van der Waals surface area contributed by atoms with Gasteiger partial charge in [-0.15, -0.1) is 0 Å². The molecule has 2 heterocycles. The van der Waals surface area contributed by atoms with E-state index < -0.39 is 22.0 Å². The Morgan fingerprint density at radius 1 is 1.23 bits per heavy atom. The van der Waals surface area contributed by atoms with E-state index in [1.807, 2.05) is 38.1 Å². The number of thioether (sulfide) groups is 1. The molecule has 1 aromatic rings.